The summed E-state index contributed by atoms with van der Waals surface area (Å²) in [7, 11) is -4.41. The van der Waals surface area contributed by atoms with E-state index in [1.54, 1.807) is 6.08 Å². The first-order chi connectivity index (χ1) is 24.8. The molecule has 0 rings (SSSR count). The third-order valence-electron chi connectivity index (χ3n) is 9.00. The molecule has 0 bridgehead atoms. The van der Waals surface area contributed by atoms with E-state index in [0.717, 1.165) is 44.9 Å². The second kappa shape index (κ2) is 37.0. The van der Waals surface area contributed by atoms with E-state index < -0.39 is 38.6 Å². The highest BCUT2D eigenvalue weighted by atomic mass is 31.2. The monoisotopic (exact) mass is 743 g/mol. The lowest BCUT2D eigenvalue weighted by molar-refractivity contribution is -0.124. The summed E-state index contributed by atoms with van der Waals surface area (Å²) in [6.45, 7) is 3.91. The lowest BCUT2D eigenvalue weighted by Gasteiger charge is -2.24. The normalized spacial score (nSPS) is 15.2. The van der Waals surface area contributed by atoms with Gasteiger partial charge in [-0.1, -0.05) is 166 Å². The van der Waals surface area contributed by atoms with Gasteiger partial charge in [-0.3, -0.25) is 13.8 Å². The van der Waals surface area contributed by atoms with Gasteiger partial charge in [-0.05, 0) is 44.9 Å². The minimum absolute atomic E-state index is 0.0426. The smallest absolute Gasteiger partial charge is 0.393 e. The van der Waals surface area contributed by atoms with Crippen molar-refractivity contribution in [2.45, 2.75) is 199 Å². The molecule has 0 fully saturated rings. The first-order valence-corrected chi connectivity index (χ1v) is 22.2. The molecule has 9 nitrogen and oxygen atoms in total. The number of phosphoric acid groups is 1. The Bertz CT molecular complexity index is 914. The Balaban J connectivity index is 4.42. The summed E-state index contributed by atoms with van der Waals surface area (Å²) >= 11 is 0. The van der Waals surface area contributed by atoms with E-state index in [9.17, 15) is 24.5 Å². The number of rotatable bonds is 38. The van der Waals surface area contributed by atoms with E-state index in [-0.39, 0.29) is 19.6 Å². The summed E-state index contributed by atoms with van der Waals surface area (Å²) in [6, 6.07) is -1.00. The number of unbranched alkanes of at least 4 members (excludes halogenated alkanes) is 20. The zero-order valence-electron chi connectivity index (χ0n) is 32.7. The van der Waals surface area contributed by atoms with Gasteiger partial charge >= 0.3 is 7.82 Å². The van der Waals surface area contributed by atoms with E-state index in [4.69, 9.17) is 14.8 Å². The molecule has 4 atom stereocenters. The standard InChI is InChI=1S/C41H79N2O7P/c1-3-5-7-9-11-13-15-17-19-20-22-24-26-28-30-32-38(44)36-41(46)43-39(37-50-51(47,48)49-35-34-42)40(45)33-31-29-27-25-23-21-18-16-14-12-10-8-6-4-2/h14,16,23,25,31,33,38-40,44-45H,3-13,15,17-22,24,26-30,32,34-37,42H2,1-2H3,(H,43,46)(H,47,48)/b16-14+,25-23+,33-31+. The molecule has 0 aromatic heterocycles. The number of amides is 1. The van der Waals surface area contributed by atoms with E-state index >= 15 is 0 Å². The van der Waals surface area contributed by atoms with Gasteiger partial charge in [0, 0.05) is 6.54 Å². The van der Waals surface area contributed by atoms with Crippen LogP contribution in [0.2, 0.25) is 0 Å². The predicted molar refractivity (Wildman–Crippen MR) is 214 cm³/mol. The number of hydrogen-bond donors (Lipinski definition) is 5. The number of hydrogen-bond acceptors (Lipinski definition) is 7. The molecule has 10 heteroatoms. The number of nitrogens with two attached hydrogens (primary N) is 1. The van der Waals surface area contributed by atoms with Crippen molar-refractivity contribution in [1.82, 2.24) is 5.32 Å². The van der Waals surface area contributed by atoms with Gasteiger partial charge in [0.15, 0.2) is 0 Å². The molecule has 1 amide bonds. The maximum atomic E-state index is 12.8. The second-order valence-corrected chi connectivity index (χ2v) is 15.5. The third-order valence-corrected chi connectivity index (χ3v) is 9.99. The summed E-state index contributed by atoms with van der Waals surface area (Å²) in [5, 5.41) is 24.0. The summed E-state index contributed by atoms with van der Waals surface area (Å²) < 4.78 is 22.0. The highest BCUT2D eigenvalue weighted by molar-refractivity contribution is 7.47. The quantitative estimate of drug-likeness (QED) is 0.0238. The van der Waals surface area contributed by atoms with Gasteiger partial charge < -0.3 is 26.2 Å². The fraction of sp³-hybridized carbons (Fsp3) is 0.829. The van der Waals surface area contributed by atoms with Crippen LogP contribution in [0.15, 0.2) is 36.5 Å². The van der Waals surface area contributed by atoms with Gasteiger partial charge in [-0.25, -0.2) is 4.57 Å². The van der Waals surface area contributed by atoms with Crippen LogP contribution in [0, 0.1) is 0 Å². The Morgan fingerprint density at radius 1 is 0.667 bits per heavy atom. The van der Waals surface area contributed by atoms with Crippen LogP contribution in [-0.2, 0) is 18.4 Å². The van der Waals surface area contributed by atoms with E-state index in [0.29, 0.717) is 12.8 Å². The number of carbonyl (C=O) groups is 1. The van der Waals surface area contributed by atoms with Crippen LogP contribution in [0.3, 0.4) is 0 Å². The third kappa shape index (κ3) is 35.5. The largest absolute Gasteiger partial charge is 0.472 e. The van der Waals surface area contributed by atoms with Crippen molar-refractivity contribution in [1.29, 1.82) is 0 Å². The van der Waals surface area contributed by atoms with Crippen LogP contribution in [0.5, 0.6) is 0 Å². The van der Waals surface area contributed by atoms with Gasteiger partial charge in [0.05, 0.1) is 37.9 Å². The number of aliphatic hydroxyl groups is 2. The van der Waals surface area contributed by atoms with Crippen molar-refractivity contribution in [3.63, 3.8) is 0 Å². The molecule has 0 saturated carbocycles. The molecular formula is C41H79N2O7P. The second-order valence-electron chi connectivity index (χ2n) is 14.0. The number of allylic oxidation sites excluding steroid dienone is 5. The Hall–Kier alpha value is -1.32. The molecule has 4 unspecified atom stereocenters. The molecule has 0 aromatic rings. The molecule has 0 radical (unpaired) electrons. The minimum Gasteiger partial charge on any atom is -0.393 e. The fourth-order valence-corrected chi connectivity index (χ4v) is 6.61. The molecule has 0 aromatic carbocycles. The van der Waals surface area contributed by atoms with Crippen LogP contribution < -0.4 is 11.1 Å². The first kappa shape index (κ1) is 49.7. The molecule has 0 aliphatic rings. The highest BCUT2D eigenvalue weighted by Gasteiger charge is 2.27. The topological polar surface area (TPSA) is 151 Å². The summed E-state index contributed by atoms with van der Waals surface area (Å²) in [4.78, 5) is 22.7. The molecule has 0 spiro atoms. The summed E-state index contributed by atoms with van der Waals surface area (Å²) in [6.07, 6.45) is 39.4. The molecule has 6 N–H and O–H groups in total. The van der Waals surface area contributed by atoms with Gasteiger partial charge in [-0.15, -0.1) is 0 Å². The Kier molecular flexibility index (Phi) is 36.1. The van der Waals surface area contributed by atoms with Gasteiger partial charge in [-0.2, -0.15) is 0 Å². The van der Waals surface area contributed by atoms with Crippen molar-refractivity contribution in [2.75, 3.05) is 19.8 Å². The van der Waals surface area contributed by atoms with Gasteiger partial charge in [0.1, 0.15) is 0 Å². The minimum atomic E-state index is -4.41. The lowest BCUT2D eigenvalue weighted by Crippen LogP contribution is -2.46. The van der Waals surface area contributed by atoms with Crippen LogP contribution in [0.1, 0.15) is 181 Å². The fourth-order valence-electron chi connectivity index (χ4n) is 5.85. The maximum absolute atomic E-state index is 12.8. The first-order valence-electron chi connectivity index (χ1n) is 20.7. The molecule has 0 saturated heterocycles. The number of aliphatic hydroxyl groups excluding tert-OH is 2. The maximum Gasteiger partial charge on any atom is 0.472 e. The molecule has 51 heavy (non-hydrogen) atoms. The van der Waals surface area contributed by atoms with Crippen LogP contribution in [0.25, 0.3) is 0 Å². The number of nitrogens with one attached hydrogen (secondary N) is 1. The molecule has 300 valence electrons. The van der Waals surface area contributed by atoms with Crippen molar-refractivity contribution < 1.29 is 33.5 Å². The zero-order chi connectivity index (χ0) is 37.7. The Labute approximate surface area is 312 Å². The Morgan fingerprint density at radius 3 is 1.63 bits per heavy atom. The SMILES string of the molecule is CCCCCC/C=C/CC/C=C/CC/C=C/C(O)C(COP(=O)(O)OCCN)NC(=O)CC(O)CCCCCCCCCCCCCCCCC. The van der Waals surface area contributed by atoms with Crippen molar-refractivity contribution in [3.05, 3.63) is 36.5 Å². The molecule has 0 aliphatic heterocycles. The van der Waals surface area contributed by atoms with Crippen molar-refractivity contribution in [3.8, 4) is 0 Å². The van der Waals surface area contributed by atoms with E-state index in [1.807, 2.05) is 6.08 Å². The average molecular weight is 743 g/mol. The van der Waals surface area contributed by atoms with Crippen LogP contribution in [0.4, 0.5) is 0 Å². The predicted octanol–water partition coefficient (Wildman–Crippen LogP) is 10.1. The van der Waals surface area contributed by atoms with Crippen LogP contribution >= 0.6 is 7.82 Å². The van der Waals surface area contributed by atoms with E-state index in [1.165, 1.54) is 103 Å². The Morgan fingerprint density at radius 2 is 1.12 bits per heavy atom. The molecular weight excluding hydrogens is 663 g/mol. The van der Waals surface area contributed by atoms with E-state index in [2.05, 4.69) is 43.5 Å². The lowest BCUT2D eigenvalue weighted by atomic mass is 10.0. The molecule has 0 heterocycles. The van der Waals surface area contributed by atoms with Crippen LogP contribution in [-0.4, -0.2) is 59.0 Å². The van der Waals surface area contributed by atoms with Crippen molar-refractivity contribution >= 4 is 13.7 Å². The highest BCUT2D eigenvalue weighted by Crippen LogP contribution is 2.43. The summed E-state index contributed by atoms with van der Waals surface area (Å²) in [5.74, 6) is -0.460. The van der Waals surface area contributed by atoms with Crippen molar-refractivity contribution in [2.24, 2.45) is 5.73 Å². The van der Waals surface area contributed by atoms with Gasteiger partial charge in [0.2, 0.25) is 5.91 Å². The van der Waals surface area contributed by atoms with Gasteiger partial charge in [0.25, 0.3) is 0 Å². The number of carbonyl (C=O) groups excluding carboxylic acids is 1. The zero-order valence-corrected chi connectivity index (χ0v) is 33.6. The molecule has 0 aliphatic carbocycles. The average Bonchev–Trinajstić information content (AvgIpc) is 3.10. The summed E-state index contributed by atoms with van der Waals surface area (Å²) in [5.41, 5.74) is 5.35. The number of phosphoric ester groups is 1.